The van der Waals surface area contributed by atoms with Crippen LogP contribution in [0.2, 0.25) is 0 Å². The Morgan fingerprint density at radius 1 is 1.12 bits per heavy atom. The molecule has 0 aliphatic heterocycles. The number of benzene rings is 1. The van der Waals surface area contributed by atoms with Crippen molar-refractivity contribution < 1.29 is 15.1 Å². The standard InChI is InChI=1S/C12H15NO3/c14-12(15)9-8-11(13-16)7-6-10-4-2-1-3-5-10/h1-5,16H,6-9H2,(H,14,15). The topological polar surface area (TPSA) is 69.9 Å². The van der Waals surface area contributed by atoms with Crippen molar-refractivity contribution in [2.24, 2.45) is 5.16 Å². The number of carboxylic acid groups (broad SMARTS) is 1. The number of oxime groups is 1. The quantitative estimate of drug-likeness (QED) is 0.440. The third-order valence-electron chi connectivity index (χ3n) is 2.31. The second-order valence-corrected chi connectivity index (χ2v) is 3.55. The maximum absolute atomic E-state index is 10.4. The van der Waals surface area contributed by atoms with Crippen molar-refractivity contribution in [3.05, 3.63) is 35.9 Å². The molecule has 0 fully saturated rings. The molecule has 0 bridgehead atoms. The first-order valence-corrected chi connectivity index (χ1v) is 5.18. The summed E-state index contributed by atoms with van der Waals surface area (Å²) >= 11 is 0. The van der Waals surface area contributed by atoms with Gasteiger partial charge < -0.3 is 10.3 Å². The lowest BCUT2D eigenvalue weighted by atomic mass is 10.0. The Bertz CT molecular complexity index is 360. The van der Waals surface area contributed by atoms with Crippen molar-refractivity contribution in [2.75, 3.05) is 0 Å². The summed E-state index contributed by atoms with van der Waals surface area (Å²) in [6, 6.07) is 9.82. The minimum absolute atomic E-state index is 0.00812. The Morgan fingerprint density at radius 2 is 1.81 bits per heavy atom. The van der Waals surface area contributed by atoms with Crippen LogP contribution in [0.25, 0.3) is 0 Å². The number of carboxylic acids is 1. The van der Waals surface area contributed by atoms with Crippen molar-refractivity contribution in [3.8, 4) is 0 Å². The van der Waals surface area contributed by atoms with E-state index in [-0.39, 0.29) is 6.42 Å². The molecule has 16 heavy (non-hydrogen) atoms. The zero-order chi connectivity index (χ0) is 11.8. The number of hydrogen-bond acceptors (Lipinski definition) is 3. The summed E-state index contributed by atoms with van der Waals surface area (Å²) in [4.78, 5) is 10.4. The lowest BCUT2D eigenvalue weighted by molar-refractivity contribution is -0.136. The minimum atomic E-state index is -0.874. The molecule has 0 saturated carbocycles. The predicted octanol–water partition coefficient (Wildman–Crippen LogP) is 2.31. The van der Waals surface area contributed by atoms with Crippen molar-refractivity contribution in [2.45, 2.75) is 25.7 Å². The summed E-state index contributed by atoms with van der Waals surface area (Å²) in [6.07, 6.45) is 1.67. The molecular weight excluding hydrogens is 206 g/mol. The van der Waals surface area contributed by atoms with Gasteiger partial charge in [-0.3, -0.25) is 4.79 Å². The van der Waals surface area contributed by atoms with E-state index in [0.29, 0.717) is 18.6 Å². The number of hydrogen-bond donors (Lipinski definition) is 2. The van der Waals surface area contributed by atoms with Gasteiger partial charge in [-0.2, -0.15) is 0 Å². The van der Waals surface area contributed by atoms with Crippen LogP contribution in [0.1, 0.15) is 24.8 Å². The van der Waals surface area contributed by atoms with E-state index >= 15 is 0 Å². The Hall–Kier alpha value is -1.84. The number of aryl methyl sites for hydroxylation is 1. The molecule has 86 valence electrons. The van der Waals surface area contributed by atoms with Gasteiger partial charge in [-0.25, -0.2) is 0 Å². The van der Waals surface area contributed by atoms with Crippen LogP contribution in [-0.4, -0.2) is 22.0 Å². The van der Waals surface area contributed by atoms with Crippen LogP contribution in [0.3, 0.4) is 0 Å². The fourth-order valence-corrected chi connectivity index (χ4v) is 1.41. The molecule has 0 atom stereocenters. The SMILES string of the molecule is O=C(O)CCC(CCc1ccccc1)=NO. The maximum Gasteiger partial charge on any atom is 0.303 e. The molecule has 0 saturated heterocycles. The van der Waals surface area contributed by atoms with E-state index in [1.54, 1.807) is 0 Å². The smallest absolute Gasteiger partial charge is 0.303 e. The molecule has 0 aliphatic rings. The Kier molecular flexibility index (Phi) is 5.05. The highest BCUT2D eigenvalue weighted by atomic mass is 16.4. The van der Waals surface area contributed by atoms with Gasteiger partial charge in [-0.1, -0.05) is 35.5 Å². The van der Waals surface area contributed by atoms with Crippen LogP contribution in [-0.2, 0) is 11.2 Å². The number of rotatable bonds is 6. The summed E-state index contributed by atoms with van der Waals surface area (Å²) in [5, 5.41) is 20.3. The third kappa shape index (κ3) is 4.59. The molecule has 0 aliphatic carbocycles. The molecule has 0 amide bonds. The molecule has 4 nitrogen and oxygen atoms in total. The molecule has 4 heteroatoms. The Morgan fingerprint density at radius 3 is 2.38 bits per heavy atom. The van der Waals surface area contributed by atoms with E-state index in [2.05, 4.69) is 5.16 Å². The second kappa shape index (κ2) is 6.61. The second-order valence-electron chi connectivity index (χ2n) is 3.55. The lowest BCUT2D eigenvalue weighted by Crippen LogP contribution is -2.05. The summed E-state index contributed by atoms with van der Waals surface area (Å²) in [7, 11) is 0. The van der Waals surface area contributed by atoms with E-state index < -0.39 is 5.97 Å². The fourth-order valence-electron chi connectivity index (χ4n) is 1.41. The first kappa shape index (κ1) is 12.2. The van der Waals surface area contributed by atoms with Crippen molar-refractivity contribution in [1.29, 1.82) is 0 Å². The average molecular weight is 221 g/mol. The highest BCUT2D eigenvalue weighted by Gasteiger charge is 2.04. The highest BCUT2D eigenvalue weighted by molar-refractivity contribution is 5.86. The van der Waals surface area contributed by atoms with E-state index in [1.807, 2.05) is 30.3 Å². The van der Waals surface area contributed by atoms with Gasteiger partial charge in [0, 0.05) is 0 Å². The first-order valence-electron chi connectivity index (χ1n) is 5.18. The number of aliphatic carboxylic acids is 1. The van der Waals surface area contributed by atoms with Crippen molar-refractivity contribution in [1.82, 2.24) is 0 Å². The molecule has 0 unspecified atom stereocenters. The zero-order valence-electron chi connectivity index (χ0n) is 8.97. The van der Waals surface area contributed by atoms with E-state index in [9.17, 15) is 4.79 Å². The van der Waals surface area contributed by atoms with E-state index in [0.717, 1.165) is 12.0 Å². The average Bonchev–Trinajstić information content (AvgIpc) is 2.30. The fraction of sp³-hybridized carbons (Fsp3) is 0.333. The van der Waals surface area contributed by atoms with Crippen LogP contribution in [0.5, 0.6) is 0 Å². The molecule has 1 aromatic rings. The van der Waals surface area contributed by atoms with Crippen LogP contribution in [0.4, 0.5) is 0 Å². The van der Waals surface area contributed by atoms with E-state index in [4.69, 9.17) is 10.3 Å². The van der Waals surface area contributed by atoms with Gasteiger partial charge in [0.1, 0.15) is 0 Å². The third-order valence-corrected chi connectivity index (χ3v) is 2.31. The monoisotopic (exact) mass is 221 g/mol. The van der Waals surface area contributed by atoms with Crippen LogP contribution in [0, 0.1) is 0 Å². The molecule has 0 aromatic heterocycles. The number of carbonyl (C=O) groups is 1. The van der Waals surface area contributed by atoms with Crippen molar-refractivity contribution >= 4 is 11.7 Å². The van der Waals surface area contributed by atoms with Gasteiger partial charge in [0.15, 0.2) is 0 Å². The van der Waals surface area contributed by atoms with E-state index in [1.165, 1.54) is 0 Å². The summed E-state index contributed by atoms with van der Waals surface area (Å²) in [6.45, 7) is 0. The van der Waals surface area contributed by atoms with Gasteiger partial charge in [-0.05, 0) is 24.8 Å². The van der Waals surface area contributed by atoms with Gasteiger partial charge in [-0.15, -0.1) is 0 Å². The first-order chi connectivity index (χ1) is 7.72. The Balaban J connectivity index is 2.38. The molecular formula is C12H15NO3. The van der Waals surface area contributed by atoms with Gasteiger partial charge in [0.25, 0.3) is 0 Å². The molecule has 0 radical (unpaired) electrons. The molecule has 0 heterocycles. The summed E-state index contributed by atoms with van der Waals surface area (Å²) in [5.74, 6) is -0.874. The molecule has 0 spiro atoms. The molecule has 1 rings (SSSR count). The zero-order valence-corrected chi connectivity index (χ0v) is 8.97. The number of nitrogens with zero attached hydrogens (tertiary/aromatic N) is 1. The Labute approximate surface area is 94.2 Å². The molecule has 1 aromatic carbocycles. The predicted molar refractivity (Wildman–Crippen MR) is 60.9 cm³/mol. The van der Waals surface area contributed by atoms with Crippen LogP contribution in [0.15, 0.2) is 35.5 Å². The van der Waals surface area contributed by atoms with Gasteiger partial charge in [0.05, 0.1) is 12.1 Å². The van der Waals surface area contributed by atoms with Crippen LogP contribution >= 0.6 is 0 Å². The summed E-state index contributed by atoms with van der Waals surface area (Å²) < 4.78 is 0. The lowest BCUT2D eigenvalue weighted by Gasteiger charge is -2.03. The molecule has 2 N–H and O–H groups in total. The summed E-state index contributed by atoms with van der Waals surface area (Å²) in [5.41, 5.74) is 1.69. The maximum atomic E-state index is 10.4. The van der Waals surface area contributed by atoms with Crippen molar-refractivity contribution in [3.63, 3.8) is 0 Å². The van der Waals surface area contributed by atoms with Gasteiger partial charge >= 0.3 is 5.97 Å². The largest absolute Gasteiger partial charge is 0.481 e. The normalized spacial score (nSPS) is 11.4. The minimum Gasteiger partial charge on any atom is -0.481 e. The highest BCUT2D eigenvalue weighted by Crippen LogP contribution is 2.06. The van der Waals surface area contributed by atoms with Crippen LogP contribution < -0.4 is 0 Å². The van der Waals surface area contributed by atoms with Gasteiger partial charge in [0.2, 0.25) is 0 Å².